The number of hydrogen-bond donors (Lipinski definition) is 1. The molecule has 0 spiro atoms. The first-order chi connectivity index (χ1) is 11.1. The molecule has 1 N–H and O–H groups in total. The number of carbonyl (C=O) groups excluding carboxylic acids is 2. The van der Waals surface area contributed by atoms with Gasteiger partial charge in [-0.25, -0.2) is 0 Å². The minimum Gasteiger partial charge on any atom is -0.507 e. The molecule has 5 heteroatoms. The Morgan fingerprint density at radius 1 is 1.04 bits per heavy atom. The summed E-state index contributed by atoms with van der Waals surface area (Å²) in [6.07, 6.45) is 3.65. The van der Waals surface area contributed by atoms with Gasteiger partial charge in [0, 0.05) is 32.1 Å². The summed E-state index contributed by atoms with van der Waals surface area (Å²) in [5.74, 6) is 0.186. The molecule has 2 saturated heterocycles. The SMILES string of the molecule is Cc1ccc(O)c(C(=O)N2CCC(C(=O)N3CCCC3)CC2)c1. The monoisotopic (exact) mass is 316 g/mol. The molecule has 5 nitrogen and oxygen atoms in total. The molecule has 1 aromatic rings. The van der Waals surface area contributed by atoms with Gasteiger partial charge in [0.1, 0.15) is 5.75 Å². The summed E-state index contributed by atoms with van der Waals surface area (Å²) < 4.78 is 0. The van der Waals surface area contributed by atoms with Gasteiger partial charge in [0.25, 0.3) is 5.91 Å². The summed E-state index contributed by atoms with van der Waals surface area (Å²) in [6.45, 7) is 4.83. The Hall–Kier alpha value is -2.04. The maximum atomic E-state index is 12.6. The second-order valence-corrected chi connectivity index (χ2v) is 6.62. The molecule has 2 fully saturated rings. The number of carbonyl (C=O) groups is 2. The van der Waals surface area contributed by atoms with Crippen molar-refractivity contribution in [2.24, 2.45) is 5.92 Å². The largest absolute Gasteiger partial charge is 0.507 e. The second kappa shape index (κ2) is 6.60. The lowest BCUT2D eigenvalue weighted by Gasteiger charge is -2.33. The number of amides is 2. The summed E-state index contributed by atoms with van der Waals surface area (Å²) in [5, 5.41) is 9.91. The zero-order valence-corrected chi connectivity index (χ0v) is 13.6. The lowest BCUT2D eigenvalue weighted by atomic mass is 9.94. The van der Waals surface area contributed by atoms with Crippen molar-refractivity contribution in [3.63, 3.8) is 0 Å². The lowest BCUT2D eigenvalue weighted by molar-refractivity contribution is -0.135. The molecule has 23 heavy (non-hydrogen) atoms. The van der Waals surface area contributed by atoms with E-state index in [1.54, 1.807) is 23.1 Å². The van der Waals surface area contributed by atoms with Crippen LogP contribution in [0.15, 0.2) is 18.2 Å². The number of benzene rings is 1. The van der Waals surface area contributed by atoms with Crippen LogP contribution in [0.3, 0.4) is 0 Å². The first kappa shape index (κ1) is 15.8. The Labute approximate surface area is 136 Å². The number of piperidine rings is 1. The Kier molecular flexibility index (Phi) is 4.55. The Balaban J connectivity index is 1.61. The molecule has 0 bridgehead atoms. The Morgan fingerprint density at radius 3 is 2.35 bits per heavy atom. The van der Waals surface area contributed by atoms with Gasteiger partial charge in [0.2, 0.25) is 5.91 Å². The fourth-order valence-electron chi connectivity index (χ4n) is 3.52. The Morgan fingerprint density at radius 2 is 1.70 bits per heavy atom. The fraction of sp³-hybridized carbons (Fsp3) is 0.556. The van der Waals surface area contributed by atoms with Gasteiger partial charge in [-0.1, -0.05) is 11.6 Å². The molecular weight excluding hydrogens is 292 g/mol. The van der Waals surface area contributed by atoms with Crippen LogP contribution in [0, 0.1) is 12.8 Å². The number of nitrogens with zero attached hydrogens (tertiary/aromatic N) is 2. The van der Waals surface area contributed by atoms with E-state index in [9.17, 15) is 14.7 Å². The van der Waals surface area contributed by atoms with Crippen LogP contribution in [0.25, 0.3) is 0 Å². The van der Waals surface area contributed by atoms with E-state index in [1.807, 2.05) is 11.8 Å². The number of aryl methyl sites for hydroxylation is 1. The molecule has 2 aliphatic heterocycles. The quantitative estimate of drug-likeness (QED) is 0.909. The number of phenolic OH excluding ortho intramolecular Hbond substituents is 1. The van der Waals surface area contributed by atoms with E-state index in [0.717, 1.165) is 31.5 Å². The van der Waals surface area contributed by atoms with Crippen LogP contribution in [-0.2, 0) is 4.79 Å². The first-order valence-electron chi connectivity index (χ1n) is 8.44. The molecule has 0 aliphatic carbocycles. The van der Waals surface area contributed by atoms with Crippen molar-refractivity contribution in [3.8, 4) is 5.75 Å². The zero-order valence-electron chi connectivity index (χ0n) is 13.6. The summed E-state index contributed by atoms with van der Waals surface area (Å²) in [4.78, 5) is 28.7. The van der Waals surface area contributed by atoms with Gasteiger partial charge in [-0.3, -0.25) is 9.59 Å². The molecule has 124 valence electrons. The van der Waals surface area contributed by atoms with Crippen LogP contribution < -0.4 is 0 Å². The smallest absolute Gasteiger partial charge is 0.257 e. The third-order valence-corrected chi connectivity index (χ3v) is 4.93. The molecule has 2 aliphatic rings. The van der Waals surface area contributed by atoms with Crippen LogP contribution in [0.5, 0.6) is 5.75 Å². The lowest BCUT2D eigenvalue weighted by Crippen LogP contribution is -2.43. The van der Waals surface area contributed by atoms with Gasteiger partial charge >= 0.3 is 0 Å². The predicted molar refractivity (Wildman–Crippen MR) is 87.3 cm³/mol. The van der Waals surface area contributed by atoms with Crippen molar-refractivity contribution in [2.75, 3.05) is 26.2 Å². The van der Waals surface area contributed by atoms with Gasteiger partial charge in [-0.15, -0.1) is 0 Å². The van der Waals surface area contributed by atoms with E-state index in [2.05, 4.69) is 0 Å². The molecule has 0 radical (unpaired) electrons. The van der Waals surface area contributed by atoms with Gasteiger partial charge in [0.05, 0.1) is 5.56 Å². The van der Waals surface area contributed by atoms with Crippen LogP contribution in [0.1, 0.15) is 41.6 Å². The number of rotatable bonds is 2. The predicted octanol–water partition coefficient (Wildman–Crippen LogP) is 2.18. The van der Waals surface area contributed by atoms with Crippen LogP contribution >= 0.6 is 0 Å². The standard InChI is InChI=1S/C18H24N2O3/c1-13-4-5-16(21)15(12-13)18(23)20-10-6-14(7-11-20)17(22)19-8-2-3-9-19/h4-5,12,14,21H,2-3,6-11H2,1H3. The summed E-state index contributed by atoms with van der Waals surface area (Å²) in [6, 6.07) is 5.07. The third kappa shape index (κ3) is 3.33. The number of likely N-dealkylation sites (tertiary alicyclic amines) is 2. The third-order valence-electron chi connectivity index (χ3n) is 4.93. The Bertz CT molecular complexity index is 600. The molecule has 1 aromatic carbocycles. The number of phenols is 1. The van der Waals surface area contributed by atoms with Crippen molar-refractivity contribution < 1.29 is 14.7 Å². The highest BCUT2D eigenvalue weighted by molar-refractivity contribution is 5.97. The fourth-order valence-corrected chi connectivity index (χ4v) is 3.52. The molecular formula is C18H24N2O3. The van der Waals surface area contributed by atoms with E-state index in [0.29, 0.717) is 31.5 Å². The summed E-state index contributed by atoms with van der Waals surface area (Å²) in [7, 11) is 0. The average molecular weight is 316 g/mol. The first-order valence-corrected chi connectivity index (χ1v) is 8.44. The van der Waals surface area contributed by atoms with Crippen LogP contribution in [0.2, 0.25) is 0 Å². The molecule has 3 rings (SSSR count). The van der Waals surface area contributed by atoms with E-state index in [1.165, 1.54) is 0 Å². The number of hydrogen-bond acceptors (Lipinski definition) is 3. The van der Waals surface area contributed by atoms with Crippen molar-refractivity contribution in [3.05, 3.63) is 29.3 Å². The normalized spacial score (nSPS) is 19.2. The van der Waals surface area contributed by atoms with Crippen molar-refractivity contribution in [2.45, 2.75) is 32.6 Å². The molecule has 0 aromatic heterocycles. The maximum absolute atomic E-state index is 12.6. The molecule has 2 heterocycles. The maximum Gasteiger partial charge on any atom is 0.257 e. The number of aromatic hydroxyl groups is 1. The minimum atomic E-state index is -0.140. The molecule has 0 atom stereocenters. The van der Waals surface area contributed by atoms with E-state index >= 15 is 0 Å². The highest BCUT2D eigenvalue weighted by Gasteiger charge is 2.31. The van der Waals surface area contributed by atoms with Crippen LogP contribution in [-0.4, -0.2) is 52.9 Å². The van der Waals surface area contributed by atoms with Crippen molar-refractivity contribution in [1.82, 2.24) is 9.80 Å². The second-order valence-electron chi connectivity index (χ2n) is 6.62. The highest BCUT2D eigenvalue weighted by Crippen LogP contribution is 2.25. The van der Waals surface area contributed by atoms with Gasteiger partial charge < -0.3 is 14.9 Å². The topological polar surface area (TPSA) is 60.9 Å². The summed E-state index contributed by atoms with van der Waals surface area (Å²) >= 11 is 0. The van der Waals surface area contributed by atoms with Crippen molar-refractivity contribution >= 4 is 11.8 Å². The van der Waals surface area contributed by atoms with Gasteiger partial charge in [0.15, 0.2) is 0 Å². The van der Waals surface area contributed by atoms with Gasteiger partial charge in [-0.2, -0.15) is 0 Å². The average Bonchev–Trinajstić information content (AvgIpc) is 3.10. The zero-order chi connectivity index (χ0) is 16.4. The molecule has 0 unspecified atom stereocenters. The van der Waals surface area contributed by atoms with E-state index in [4.69, 9.17) is 0 Å². The van der Waals surface area contributed by atoms with E-state index < -0.39 is 0 Å². The minimum absolute atomic E-state index is 0.0240. The van der Waals surface area contributed by atoms with Gasteiger partial charge in [-0.05, 0) is 44.7 Å². The van der Waals surface area contributed by atoms with E-state index in [-0.39, 0.29) is 23.5 Å². The van der Waals surface area contributed by atoms with Crippen molar-refractivity contribution in [1.29, 1.82) is 0 Å². The molecule has 2 amide bonds. The summed E-state index contributed by atoms with van der Waals surface area (Å²) in [5.41, 5.74) is 1.31. The van der Waals surface area contributed by atoms with Crippen LogP contribution in [0.4, 0.5) is 0 Å². The highest BCUT2D eigenvalue weighted by atomic mass is 16.3. The molecule has 0 saturated carbocycles.